The number of likely N-dealkylation sites (tertiary alicyclic amines) is 2. The van der Waals surface area contributed by atoms with Crippen molar-refractivity contribution in [2.24, 2.45) is 5.41 Å². The number of aromatic nitrogens is 3. The van der Waals surface area contributed by atoms with Gasteiger partial charge in [0.1, 0.15) is 33.7 Å². The second kappa shape index (κ2) is 30.5. The number of amides is 9. The number of halogens is 9. The molecular weight excluding hydrogens is 1670 g/mol. The molecule has 3 aromatic heterocycles. The molecule has 644 valence electrons. The molecule has 9 amide bonds. The SMILES string of the molecule is Cc1ccc(NC(=O)c2c(C)c(C(=O)C(=O)NC3(C(=O)N4CC5(COC5)C4)CC(F)(F)C3)c3n2CCC3)cc1Cl.Cc1ccc(NC(=O)c2c(C)c(C(=O)C(=O)NC3(C(=O)N4CCC45COC5)CC(F)(F)C3)c3n2CCC3)cc1Cl.Cc1ccc(NC(=O)c2c(C)c(C(=O)C(=O)NC3(C(=O)NC4(C)CS(=O)(=O)C4)CC(F)(F)C3)c3n2CCC3)cc1Cl. The van der Waals surface area contributed by atoms with Crippen LogP contribution in [0.5, 0.6) is 0 Å². The molecule has 17 rings (SSSR count). The maximum atomic E-state index is 14.1. The van der Waals surface area contributed by atoms with Crippen molar-refractivity contribution in [3.05, 3.63) is 154 Å². The van der Waals surface area contributed by atoms with Crippen molar-refractivity contribution in [3.63, 3.8) is 0 Å². The van der Waals surface area contributed by atoms with Crippen LogP contribution >= 0.6 is 34.8 Å². The van der Waals surface area contributed by atoms with E-state index in [0.29, 0.717) is 171 Å². The smallest absolute Gasteiger partial charge is 0.293 e. The minimum Gasteiger partial charge on any atom is -0.380 e. The van der Waals surface area contributed by atoms with Gasteiger partial charge in [0.15, 0.2) is 9.84 Å². The molecule has 8 aliphatic heterocycles. The van der Waals surface area contributed by atoms with E-state index in [0.717, 1.165) is 16.7 Å². The number of nitrogens with one attached hydrogen (secondary N) is 7. The Balaban J connectivity index is 0.000000141. The lowest BCUT2D eigenvalue weighted by molar-refractivity contribution is -0.218. The molecule has 3 aliphatic carbocycles. The Kier molecular flexibility index (Phi) is 21.7. The number of ether oxygens (including phenoxy) is 2. The Morgan fingerprint density at radius 3 is 1.06 bits per heavy atom. The summed E-state index contributed by atoms with van der Waals surface area (Å²) in [6.45, 7) is 15.9. The van der Waals surface area contributed by atoms with Crippen molar-refractivity contribution >= 4 is 132 Å². The Hall–Kier alpha value is -9.94. The number of Topliss-reactive ketones (excluding diaryl/α,β-unsaturated/α-hetero) is 3. The van der Waals surface area contributed by atoms with E-state index in [-0.39, 0.29) is 56.3 Å². The highest BCUT2D eigenvalue weighted by molar-refractivity contribution is 7.93. The molecule has 0 bridgehead atoms. The molecule has 38 heteroatoms. The van der Waals surface area contributed by atoms with Gasteiger partial charge in [-0.2, -0.15) is 0 Å². The second-order valence-corrected chi connectivity index (χ2v) is 38.0. The molecule has 6 aromatic rings. The number of carbonyl (C=O) groups excluding carboxylic acids is 12. The lowest BCUT2D eigenvalue weighted by Crippen LogP contribution is -2.79. The lowest BCUT2D eigenvalue weighted by Gasteiger charge is -2.61. The van der Waals surface area contributed by atoms with Crippen molar-refractivity contribution < 1.29 is 102 Å². The van der Waals surface area contributed by atoms with E-state index in [9.17, 15) is 92.3 Å². The number of nitrogens with zero attached hydrogens (tertiary/aromatic N) is 5. The van der Waals surface area contributed by atoms with Crippen molar-refractivity contribution in [2.75, 3.05) is 73.5 Å². The van der Waals surface area contributed by atoms with Crippen LogP contribution in [-0.2, 0) is 87.0 Å². The van der Waals surface area contributed by atoms with Crippen LogP contribution in [0.2, 0.25) is 15.1 Å². The number of carbonyl (C=O) groups is 12. The third-order valence-corrected chi connectivity index (χ3v) is 28.5. The molecule has 8 fully saturated rings. The van der Waals surface area contributed by atoms with Gasteiger partial charge in [-0.05, 0) is 163 Å². The molecule has 3 saturated carbocycles. The van der Waals surface area contributed by atoms with Gasteiger partial charge in [-0.3, -0.25) is 57.5 Å². The minimum absolute atomic E-state index is 0.00854. The van der Waals surface area contributed by atoms with Crippen LogP contribution in [0, 0.1) is 47.0 Å². The van der Waals surface area contributed by atoms with Crippen LogP contribution in [0.3, 0.4) is 0 Å². The first-order valence-electron chi connectivity index (χ1n) is 39.6. The van der Waals surface area contributed by atoms with Crippen LogP contribution in [0.1, 0.15) is 184 Å². The van der Waals surface area contributed by atoms with Gasteiger partial charge in [-0.15, -0.1) is 0 Å². The Labute approximate surface area is 704 Å². The Morgan fingerprint density at radius 2 is 0.769 bits per heavy atom. The standard InChI is InChI=1S/2C28H29ClF2N4O5.C27H29ClF2N4O6S/c1-15-5-6-17(10-18(15)29)32-23(37)21-16(2)20(19-4-3-8-34(19)21)22(36)24(38)33-27(11-28(30,31)12-27)25(39)35-9-7-26(35)13-40-14-26;1-15-5-6-17(8-18(15)29)32-23(37)21-16(2)20(19-4-3-7-35(19)21)22(36)24(38)33-27(9-28(30,31)10-27)25(39)34-11-26(12-34)13-40-14-26;1-14-6-7-16(9-17(14)28)31-22(36)20-15(2)19(18-5-4-8-34(18)20)21(35)23(37)32-26(10-27(29,30)11-26)24(38)33-25(3)12-41(39,40)13-25/h5-6,10H,3-4,7-9,11-14H2,1-2H3,(H,32,37)(H,33,38);5-6,8H,3-4,7,9-14H2,1-2H3,(H,32,37)(H,33,38);6-7,9H,4-5,8,10-13H2,1-3H3,(H,31,36)(H,32,37)(H,33,38). The number of sulfone groups is 1. The van der Waals surface area contributed by atoms with Crippen molar-refractivity contribution in [1.82, 2.24) is 44.8 Å². The first kappa shape index (κ1) is 86.0. The molecule has 0 radical (unpaired) electrons. The largest absolute Gasteiger partial charge is 0.380 e. The molecule has 11 aliphatic rings. The summed E-state index contributed by atoms with van der Waals surface area (Å²) < 4.78 is 123. The highest BCUT2D eigenvalue weighted by atomic mass is 35.5. The molecular formula is C83H87Cl3F6N12O16S. The van der Waals surface area contributed by atoms with Gasteiger partial charge >= 0.3 is 0 Å². The molecule has 11 heterocycles. The van der Waals surface area contributed by atoms with Crippen LogP contribution in [0.4, 0.5) is 43.4 Å². The fourth-order valence-electron chi connectivity index (χ4n) is 19.0. The number of hydrogen-bond acceptors (Lipinski definition) is 16. The van der Waals surface area contributed by atoms with Gasteiger partial charge in [-0.25, -0.2) is 34.8 Å². The highest BCUT2D eigenvalue weighted by Gasteiger charge is 2.69. The quantitative estimate of drug-likeness (QED) is 0.0225. The first-order chi connectivity index (χ1) is 56.6. The molecule has 0 unspecified atom stereocenters. The number of hydrogen-bond donors (Lipinski definition) is 7. The summed E-state index contributed by atoms with van der Waals surface area (Å²) in [7, 11) is -3.35. The van der Waals surface area contributed by atoms with E-state index in [2.05, 4.69) is 37.2 Å². The van der Waals surface area contributed by atoms with E-state index in [1.807, 2.05) is 20.8 Å². The van der Waals surface area contributed by atoms with Gasteiger partial charge in [0, 0.05) is 127 Å². The lowest BCUT2D eigenvalue weighted by atomic mass is 9.69. The molecule has 121 heavy (non-hydrogen) atoms. The summed E-state index contributed by atoms with van der Waals surface area (Å²) in [6.07, 6.45) is -1.52. The number of anilines is 3. The number of aryl methyl sites for hydroxylation is 3. The number of benzene rings is 3. The predicted octanol–water partition coefficient (Wildman–Crippen LogP) is 9.43. The fraction of sp³-hybridized carbons (Fsp3) is 0.494. The van der Waals surface area contributed by atoms with Gasteiger partial charge in [-0.1, -0.05) is 53.0 Å². The van der Waals surface area contributed by atoms with Crippen molar-refractivity contribution in [2.45, 2.75) is 197 Å². The normalized spacial score (nSPS) is 20.9. The summed E-state index contributed by atoms with van der Waals surface area (Å²) in [5.74, 6) is -20.3. The number of rotatable bonds is 19. The third kappa shape index (κ3) is 15.6. The molecule has 0 atom stereocenters. The Bertz CT molecular complexity index is 5620. The van der Waals surface area contributed by atoms with Crippen LogP contribution in [0.15, 0.2) is 54.6 Å². The second-order valence-electron chi connectivity index (χ2n) is 34.8. The summed E-state index contributed by atoms with van der Waals surface area (Å²) >= 11 is 18.6. The highest BCUT2D eigenvalue weighted by Crippen LogP contribution is 2.52. The van der Waals surface area contributed by atoms with E-state index < -0.39 is 164 Å². The topological polar surface area (TPSA) is 363 Å². The summed E-state index contributed by atoms with van der Waals surface area (Å²) in [5.41, 5.74) is -0.406. The van der Waals surface area contributed by atoms with E-state index in [4.69, 9.17) is 44.3 Å². The average Bonchev–Trinajstić information content (AvgIpc) is 1.40. The fourth-order valence-corrected chi connectivity index (χ4v) is 21.5. The number of ketones is 3. The van der Waals surface area contributed by atoms with Crippen LogP contribution in [0.25, 0.3) is 0 Å². The molecule has 5 saturated heterocycles. The minimum atomic E-state index is -3.35. The molecule has 2 spiro atoms. The summed E-state index contributed by atoms with van der Waals surface area (Å²) in [4.78, 5) is 163. The third-order valence-electron chi connectivity index (χ3n) is 25.1. The monoisotopic (exact) mass is 1760 g/mol. The molecule has 3 aromatic carbocycles. The maximum Gasteiger partial charge on any atom is 0.293 e. The summed E-state index contributed by atoms with van der Waals surface area (Å²) in [6, 6.07) is 15.2. The zero-order valence-corrected chi connectivity index (χ0v) is 70.0. The van der Waals surface area contributed by atoms with Gasteiger partial charge < -0.3 is 70.2 Å². The van der Waals surface area contributed by atoms with Crippen molar-refractivity contribution in [3.8, 4) is 0 Å². The maximum absolute atomic E-state index is 14.1. The van der Waals surface area contributed by atoms with Gasteiger partial charge in [0.2, 0.25) is 17.7 Å². The van der Waals surface area contributed by atoms with E-state index in [1.165, 1.54) is 23.6 Å². The van der Waals surface area contributed by atoms with Crippen LogP contribution < -0.4 is 37.2 Å². The zero-order valence-electron chi connectivity index (χ0n) is 67.0. The molecule has 7 N–H and O–H groups in total. The molecule has 28 nitrogen and oxygen atoms in total. The number of alkyl halides is 6. The van der Waals surface area contributed by atoms with Crippen molar-refractivity contribution in [1.29, 1.82) is 0 Å². The average molecular weight is 1760 g/mol. The van der Waals surface area contributed by atoms with E-state index >= 15 is 0 Å². The van der Waals surface area contributed by atoms with Gasteiger partial charge in [0.05, 0.1) is 71.1 Å². The van der Waals surface area contributed by atoms with Crippen LogP contribution in [-0.4, -0.2) is 205 Å². The predicted molar refractivity (Wildman–Crippen MR) is 428 cm³/mol. The Morgan fingerprint density at radius 1 is 0.438 bits per heavy atom. The van der Waals surface area contributed by atoms with E-state index in [1.54, 1.807) is 82.1 Å². The van der Waals surface area contributed by atoms with Gasteiger partial charge in [0.25, 0.3) is 70.6 Å². The zero-order chi connectivity index (χ0) is 87.3. The summed E-state index contributed by atoms with van der Waals surface area (Å²) in [5, 5.41) is 19.3. The number of fused-ring (bicyclic) bond motifs is 3. The first-order valence-corrected chi connectivity index (χ1v) is 42.5.